The Balaban J connectivity index is 1.87. The van der Waals surface area contributed by atoms with Crippen LogP contribution in [0.15, 0.2) is 0 Å². The Morgan fingerprint density at radius 3 is 2.64 bits per heavy atom. The molecule has 0 spiro atoms. The van der Waals surface area contributed by atoms with Crippen molar-refractivity contribution in [3.63, 3.8) is 0 Å². The lowest BCUT2D eigenvalue weighted by Crippen LogP contribution is -2.20. The van der Waals surface area contributed by atoms with Gasteiger partial charge in [-0.25, -0.2) is 0 Å². The lowest BCUT2D eigenvalue weighted by Gasteiger charge is -2.09. The second-order valence-electron chi connectivity index (χ2n) is 3.93. The van der Waals surface area contributed by atoms with E-state index in [9.17, 15) is 0 Å². The largest absolute Gasteiger partial charge is 0.328 e. The fourth-order valence-corrected chi connectivity index (χ4v) is 1.56. The zero-order valence-electron chi connectivity index (χ0n) is 7.68. The first kappa shape index (κ1) is 9.05. The van der Waals surface area contributed by atoms with Crippen LogP contribution in [0.1, 0.15) is 51.9 Å². The van der Waals surface area contributed by atoms with Crippen molar-refractivity contribution in [2.24, 2.45) is 11.7 Å². The zero-order chi connectivity index (χ0) is 8.10. The molecule has 0 aromatic rings. The minimum Gasteiger partial charge on any atom is -0.328 e. The summed E-state index contributed by atoms with van der Waals surface area (Å²) in [6.45, 7) is 2.24. The number of hydrogen-bond donors (Lipinski definition) is 1. The van der Waals surface area contributed by atoms with E-state index in [-0.39, 0.29) is 0 Å². The average molecular weight is 155 g/mol. The Kier molecular flexibility index (Phi) is 3.92. The van der Waals surface area contributed by atoms with Crippen LogP contribution in [0.5, 0.6) is 0 Å². The van der Waals surface area contributed by atoms with Gasteiger partial charge in [-0.2, -0.15) is 0 Å². The molecule has 0 aromatic carbocycles. The van der Waals surface area contributed by atoms with E-state index < -0.39 is 0 Å². The Hall–Kier alpha value is -0.0400. The highest BCUT2D eigenvalue weighted by Gasteiger charge is 2.23. The van der Waals surface area contributed by atoms with E-state index in [4.69, 9.17) is 5.73 Å². The molecule has 0 aliphatic heterocycles. The van der Waals surface area contributed by atoms with Gasteiger partial charge in [-0.15, -0.1) is 0 Å². The highest BCUT2D eigenvalue weighted by Crippen LogP contribution is 2.33. The van der Waals surface area contributed by atoms with Crippen LogP contribution >= 0.6 is 0 Å². The van der Waals surface area contributed by atoms with E-state index in [0.717, 1.165) is 5.92 Å². The van der Waals surface area contributed by atoms with Gasteiger partial charge in [0.25, 0.3) is 0 Å². The van der Waals surface area contributed by atoms with E-state index >= 15 is 0 Å². The van der Waals surface area contributed by atoms with Crippen LogP contribution in [0, 0.1) is 5.92 Å². The summed E-state index contributed by atoms with van der Waals surface area (Å²) >= 11 is 0. The van der Waals surface area contributed by atoms with Crippen LogP contribution in [0.4, 0.5) is 0 Å². The lowest BCUT2D eigenvalue weighted by atomic mass is 10.0. The summed E-state index contributed by atoms with van der Waals surface area (Å²) in [6, 6.07) is 0.508. The van der Waals surface area contributed by atoms with Gasteiger partial charge in [0.05, 0.1) is 0 Å². The van der Waals surface area contributed by atoms with Gasteiger partial charge in [-0.05, 0) is 18.8 Å². The van der Waals surface area contributed by atoms with Crippen molar-refractivity contribution in [3.05, 3.63) is 0 Å². The summed E-state index contributed by atoms with van der Waals surface area (Å²) in [7, 11) is 0. The first-order chi connectivity index (χ1) is 5.33. The molecular weight excluding hydrogens is 134 g/mol. The molecule has 1 atom stereocenters. The average Bonchev–Trinajstić information content (AvgIpc) is 2.72. The third-order valence-corrected chi connectivity index (χ3v) is 2.51. The monoisotopic (exact) mass is 155 g/mol. The van der Waals surface area contributed by atoms with Gasteiger partial charge in [-0.1, -0.05) is 39.0 Å². The van der Waals surface area contributed by atoms with Crippen LogP contribution in [0.25, 0.3) is 0 Å². The molecule has 0 radical (unpaired) electrons. The SMILES string of the molecule is CCCCCC(N)CC1CC1. The maximum Gasteiger partial charge on any atom is 0.00414 e. The van der Waals surface area contributed by atoms with Crippen LogP contribution in [0.2, 0.25) is 0 Å². The Bertz CT molecular complexity index is 97.0. The maximum absolute atomic E-state index is 5.96. The predicted molar refractivity (Wildman–Crippen MR) is 49.5 cm³/mol. The summed E-state index contributed by atoms with van der Waals surface area (Å²) in [5.74, 6) is 1.01. The van der Waals surface area contributed by atoms with Gasteiger partial charge in [0.15, 0.2) is 0 Å². The number of unbranched alkanes of at least 4 members (excludes halogenated alkanes) is 2. The van der Waals surface area contributed by atoms with Gasteiger partial charge >= 0.3 is 0 Å². The standard InChI is InChI=1S/C10H21N/c1-2-3-4-5-10(11)8-9-6-7-9/h9-10H,2-8,11H2,1H3. The van der Waals surface area contributed by atoms with Crippen molar-refractivity contribution in [3.8, 4) is 0 Å². The molecule has 0 saturated heterocycles. The van der Waals surface area contributed by atoms with Gasteiger partial charge in [0, 0.05) is 6.04 Å². The molecule has 2 N–H and O–H groups in total. The predicted octanol–water partition coefficient (Wildman–Crippen LogP) is 2.69. The molecule has 1 aliphatic rings. The second-order valence-corrected chi connectivity index (χ2v) is 3.93. The molecule has 0 aromatic heterocycles. The van der Waals surface area contributed by atoms with E-state index in [0.29, 0.717) is 6.04 Å². The molecule has 1 nitrogen and oxygen atoms in total. The summed E-state index contributed by atoms with van der Waals surface area (Å²) in [6.07, 6.45) is 9.45. The molecule has 1 heteroatoms. The minimum atomic E-state index is 0.508. The molecule has 0 heterocycles. The summed E-state index contributed by atoms with van der Waals surface area (Å²) in [5.41, 5.74) is 5.96. The number of hydrogen-bond acceptors (Lipinski definition) is 1. The first-order valence-electron chi connectivity index (χ1n) is 5.08. The second kappa shape index (κ2) is 4.76. The van der Waals surface area contributed by atoms with Crippen LogP contribution in [-0.4, -0.2) is 6.04 Å². The first-order valence-corrected chi connectivity index (χ1v) is 5.08. The number of rotatable bonds is 6. The summed E-state index contributed by atoms with van der Waals surface area (Å²) in [4.78, 5) is 0. The molecular formula is C10H21N. The van der Waals surface area contributed by atoms with E-state index in [2.05, 4.69) is 6.92 Å². The Labute approximate surface area is 70.4 Å². The Morgan fingerprint density at radius 1 is 1.36 bits per heavy atom. The van der Waals surface area contributed by atoms with Crippen LogP contribution in [0.3, 0.4) is 0 Å². The van der Waals surface area contributed by atoms with Gasteiger partial charge < -0.3 is 5.73 Å². The smallest absolute Gasteiger partial charge is 0.00414 e. The lowest BCUT2D eigenvalue weighted by molar-refractivity contribution is 0.504. The molecule has 1 fully saturated rings. The molecule has 1 aliphatic carbocycles. The fourth-order valence-electron chi connectivity index (χ4n) is 1.56. The summed E-state index contributed by atoms with van der Waals surface area (Å²) in [5, 5.41) is 0. The topological polar surface area (TPSA) is 26.0 Å². The summed E-state index contributed by atoms with van der Waals surface area (Å²) < 4.78 is 0. The maximum atomic E-state index is 5.96. The van der Waals surface area contributed by atoms with Gasteiger partial charge in [0.2, 0.25) is 0 Å². The van der Waals surface area contributed by atoms with Crippen LogP contribution < -0.4 is 5.73 Å². The minimum absolute atomic E-state index is 0.508. The van der Waals surface area contributed by atoms with Crippen molar-refractivity contribution in [1.82, 2.24) is 0 Å². The molecule has 0 amide bonds. The normalized spacial score (nSPS) is 20.2. The highest BCUT2D eigenvalue weighted by atomic mass is 14.6. The molecule has 66 valence electrons. The third-order valence-electron chi connectivity index (χ3n) is 2.51. The van der Waals surface area contributed by atoms with Crippen molar-refractivity contribution in [1.29, 1.82) is 0 Å². The molecule has 1 rings (SSSR count). The third kappa shape index (κ3) is 4.41. The molecule has 0 bridgehead atoms. The quantitative estimate of drug-likeness (QED) is 0.586. The zero-order valence-corrected chi connectivity index (χ0v) is 7.68. The van der Waals surface area contributed by atoms with Gasteiger partial charge in [-0.3, -0.25) is 0 Å². The Morgan fingerprint density at radius 2 is 2.09 bits per heavy atom. The number of nitrogens with two attached hydrogens (primary N) is 1. The van der Waals surface area contributed by atoms with Gasteiger partial charge in [0.1, 0.15) is 0 Å². The molecule has 1 saturated carbocycles. The van der Waals surface area contributed by atoms with Crippen molar-refractivity contribution in [2.45, 2.75) is 57.9 Å². The molecule has 1 unspecified atom stereocenters. The van der Waals surface area contributed by atoms with E-state index in [1.54, 1.807) is 0 Å². The highest BCUT2D eigenvalue weighted by molar-refractivity contribution is 4.78. The van der Waals surface area contributed by atoms with E-state index in [1.807, 2.05) is 0 Å². The van der Waals surface area contributed by atoms with Crippen LogP contribution in [-0.2, 0) is 0 Å². The fraction of sp³-hybridized carbons (Fsp3) is 1.00. The van der Waals surface area contributed by atoms with E-state index in [1.165, 1.54) is 44.9 Å². The molecule has 11 heavy (non-hydrogen) atoms. The van der Waals surface area contributed by atoms with Crippen molar-refractivity contribution < 1.29 is 0 Å². The van der Waals surface area contributed by atoms with Crippen molar-refractivity contribution >= 4 is 0 Å². The van der Waals surface area contributed by atoms with Crippen molar-refractivity contribution in [2.75, 3.05) is 0 Å².